The summed E-state index contributed by atoms with van der Waals surface area (Å²) in [7, 11) is -25.7. The number of aromatic nitrogens is 2. The van der Waals surface area contributed by atoms with Crippen molar-refractivity contribution in [3.63, 3.8) is 0 Å². The molecular weight excluding hydrogens is 813 g/mol. The van der Waals surface area contributed by atoms with E-state index in [1.54, 1.807) is 12.4 Å². The highest BCUT2D eigenvalue weighted by atomic mass is 28.5. The van der Waals surface area contributed by atoms with Crippen LogP contribution in [0.2, 0.25) is 131 Å². The zero-order chi connectivity index (χ0) is 39.6. The summed E-state index contributed by atoms with van der Waals surface area (Å²) in [6, 6.07) is 8.09. The van der Waals surface area contributed by atoms with Crippen molar-refractivity contribution in [2.45, 2.75) is 131 Å². The minimum atomic E-state index is -2.72. The number of hydrogen-bond donors (Lipinski definition) is 0. The molecule has 0 spiro atoms. The minimum absolute atomic E-state index is 1.14. The molecule has 2 aromatic rings. The van der Waals surface area contributed by atoms with Crippen LogP contribution in [-0.4, -0.2) is 95.1 Å². The molecule has 0 aromatic carbocycles. The molecule has 11 nitrogen and oxygen atoms in total. The van der Waals surface area contributed by atoms with Crippen molar-refractivity contribution in [2.75, 3.05) is 0 Å². The van der Waals surface area contributed by atoms with E-state index in [1.165, 1.54) is 0 Å². The first-order valence-electron chi connectivity index (χ1n) is 17.7. The fourth-order valence-corrected chi connectivity index (χ4v) is 57.1. The highest BCUT2D eigenvalue weighted by Gasteiger charge is 2.50. The van der Waals surface area contributed by atoms with Crippen LogP contribution in [-0.2, 0) is 37.0 Å². The Morgan fingerprint density at radius 2 is 0.510 bits per heavy atom. The maximum absolute atomic E-state index is 6.82. The first-order chi connectivity index (χ1) is 22.6. The lowest BCUT2D eigenvalue weighted by atomic mass is 10.5. The summed E-state index contributed by atoms with van der Waals surface area (Å²) in [6.07, 6.45) is 7.38. The lowest BCUT2D eigenvalue weighted by Crippen LogP contribution is -2.63. The van der Waals surface area contributed by atoms with E-state index in [4.69, 9.17) is 37.0 Å². The summed E-state index contributed by atoms with van der Waals surface area (Å²) in [5.41, 5.74) is 0. The normalized spacial score (nSPS) is 15.0. The molecule has 0 radical (unpaired) electrons. The summed E-state index contributed by atoms with van der Waals surface area (Å²) < 4.78 is 61.1. The first-order valence-corrected chi connectivity index (χ1v) is 46.0. The number of hydrogen-bond acceptors (Lipinski definition) is 11. The summed E-state index contributed by atoms with van der Waals surface area (Å²) in [4.78, 5) is 8.61. The van der Waals surface area contributed by atoms with Crippen molar-refractivity contribution < 1.29 is 37.0 Å². The van der Waals surface area contributed by atoms with Crippen LogP contribution in [0.15, 0.2) is 49.1 Å². The van der Waals surface area contributed by atoms with Crippen LogP contribution in [0.3, 0.4) is 0 Å². The van der Waals surface area contributed by atoms with Gasteiger partial charge in [0.25, 0.3) is 0 Å². The van der Waals surface area contributed by atoms with Crippen molar-refractivity contribution in [2.24, 2.45) is 0 Å². The largest absolute Gasteiger partial charge is 0.433 e. The highest BCUT2D eigenvalue weighted by molar-refractivity contribution is 6.95. The predicted octanol–water partition coefficient (Wildman–Crippen LogP) is 7.76. The molecule has 2 rings (SSSR count). The molecule has 0 bridgehead atoms. The van der Waals surface area contributed by atoms with Gasteiger partial charge in [-0.25, -0.2) is 0 Å². The van der Waals surface area contributed by atoms with Gasteiger partial charge in [0, 0.05) is 24.8 Å². The maximum Gasteiger partial charge on any atom is 0.314 e. The van der Waals surface area contributed by atoms with Gasteiger partial charge < -0.3 is 37.0 Å². The Kier molecular flexibility index (Phi) is 15.5. The van der Waals surface area contributed by atoms with E-state index in [2.05, 4.69) is 153 Å². The average molecular weight is 882 g/mol. The molecule has 0 saturated carbocycles. The van der Waals surface area contributed by atoms with Crippen LogP contribution in [0.1, 0.15) is 0 Å². The SMILES string of the molecule is C[Si](C)(O[Si](C)(C)O[Si](C)(C)O[Si](C)(C)O[Si](C)(C)O[Si](C)(C)c1cccnc1)O[Si](C)(C)O[Si](C)(C)O[Si](C)(C)O[Si](C)(C)c1cccnc1. The van der Waals surface area contributed by atoms with E-state index in [0.717, 1.165) is 10.4 Å². The van der Waals surface area contributed by atoms with Gasteiger partial charge in [0.2, 0.25) is 16.6 Å². The summed E-state index contributed by atoms with van der Waals surface area (Å²) in [6.45, 7) is 42.0. The van der Waals surface area contributed by atoms with E-state index in [-0.39, 0.29) is 0 Å². The third-order valence-electron chi connectivity index (χ3n) is 7.16. The first kappa shape index (κ1) is 47.3. The molecule has 0 aliphatic heterocycles. The van der Waals surface area contributed by atoms with Crippen LogP contribution in [0.4, 0.5) is 0 Å². The van der Waals surface area contributed by atoms with Crippen molar-refractivity contribution in [3.8, 4) is 0 Å². The van der Waals surface area contributed by atoms with Gasteiger partial charge in [0.15, 0.2) is 0 Å². The topological polar surface area (TPSA) is 109 Å². The van der Waals surface area contributed by atoms with Crippen LogP contribution >= 0.6 is 0 Å². The average Bonchev–Trinajstić information content (AvgIpc) is 2.83. The van der Waals surface area contributed by atoms with Crippen molar-refractivity contribution in [1.29, 1.82) is 0 Å². The molecule has 0 aliphatic carbocycles. The smallest absolute Gasteiger partial charge is 0.314 e. The van der Waals surface area contributed by atoms with Crippen LogP contribution in [0.5, 0.6) is 0 Å². The molecule has 0 N–H and O–H groups in total. The van der Waals surface area contributed by atoms with Crippen molar-refractivity contribution >= 4 is 95.5 Å². The number of rotatable bonds is 20. The lowest BCUT2D eigenvalue weighted by molar-refractivity contribution is 0.257. The zero-order valence-corrected chi connectivity index (χ0v) is 45.2. The van der Waals surface area contributed by atoms with E-state index in [9.17, 15) is 0 Å². The molecule has 0 fully saturated rings. The lowest BCUT2D eigenvalue weighted by Gasteiger charge is -2.44. The Labute approximate surface area is 320 Å². The second-order valence-electron chi connectivity index (χ2n) is 17.6. The predicted molar refractivity (Wildman–Crippen MR) is 232 cm³/mol. The van der Waals surface area contributed by atoms with Crippen molar-refractivity contribution in [3.05, 3.63) is 49.1 Å². The third-order valence-corrected chi connectivity index (χ3v) is 46.1. The van der Waals surface area contributed by atoms with Gasteiger partial charge in [-0.3, -0.25) is 9.97 Å². The molecule has 0 amide bonds. The maximum atomic E-state index is 6.82. The van der Waals surface area contributed by atoms with Gasteiger partial charge in [-0.1, -0.05) is 12.1 Å². The molecule has 2 heterocycles. The third kappa shape index (κ3) is 17.2. The molecule has 292 valence electrons. The van der Waals surface area contributed by atoms with Gasteiger partial charge in [-0.2, -0.15) is 0 Å². The van der Waals surface area contributed by atoms with Crippen LogP contribution in [0.25, 0.3) is 0 Å². The summed E-state index contributed by atoms with van der Waals surface area (Å²) >= 11 is 0. The minimum Gasteiger partial charge on any atom is -0.433 e. The second kappa shape index (κ2) is 16.7. The van der Waals surface area contributed by atoms with Gasteiger partial charge >= 0.3 is 68.5 Å². The van der Waals surface area contributed by atoms with Crippen LogP contribution in [0, 0.1) is 0 Å². The molecule has 0 unspecified atom stereocenters. The number of nitrogens with zero attached hydrogens (tertiary/aromatic N) is 2. The Balaban J connectivity index is 2.04. The zero-order valence-electron chi connectivity index (χ0n) is 35.2. The van der Waals surface area contributed by atoms with Gasteiger partial charge in [-0.15, -0.1) is 0 Å². The molecule has 0 atom stereocenters. The Morgan fingerprint density at radius 1 is 0.314 bits per heavy atom. The van der Waals surface area contributed by atoms with E-state index < -0.39 is 85.1 Å². The molecule has 51 heavy (non-hydrogen) atoms. The van der Waals surface area contributed by atoms with E-state index in [1.807, 2.05) is 24.5 Å². The van der Waals surface area contributed by atoms with Gasteiger partial charge in [0.05, 0.1) is 0 Å². The molecular formula is C30H68N2O9Si10. The quantitative estimate of drug-likeness (QED) is 0.122. The van der Waals surface area contributed by atoms with Crippen molar-refractivity contribution in [1.82, 2.24) is 9.97 Å². The molecule has 21 heteroatoms. The fraction of sp³-hybridized carbons (Fsp3) is 0.667. The fourth-order valence-electron chi connectivity index (χ4n) is 7.09. The second-order valence-corrected chi connectivity index (χ2v) is 54.6. The monoisotopic (exact) mass is 880 g/mol. The van der Waals surface area contributed by atoms with Gasteiger partial charge in [0.1, 0.15) is 0 Å². The standard InChI is InChI=1S/C30H68N2O9Si10/c1-42(2,29-23-21-25-31-27-29)33-44(5,6)35-46(9,10)37-48(13,14)39-50(17,18)41-51(19,20)40-49(15,16)38-47(11,12)36-45(7,8)34-43(3,4)30-24-22-26-32-28-30/h21-28H,1-20H3. The van der Waals surface area contributed by atoms with Crippen LogP contribution < -0.4 is 10.4 Å². The van der Waals surface area contributed by atoms with Gasteiger partial charge in [-0.05, 0) is 153 Å². The Hall–Kier alpha value is 0.109. The number of pyridine rings is 2. The van der Waals surface area contributed by atoms with E-state index in [0.29, 0.717) is 0 Å². The molecule has 0 aliphatic rings. The van der Waals surface area contributed by atoms with E-state index >= 15 is 0 Å². The summed E-state index contributed by atoms with van der Waals surface area (Å²) in [5, 5.41) is 2.28. The highest BCUT2D eigenvalue weighted by Crippen LogP contribution is 2.30. The Bertz CT molecular complexity index is 1310. The summed E-state index contributed by atoms with van der Waals surface area (Å²) in [5.74, 6) is 0. The molecule has 0 saturated heterocycles. The molecule has 2 aromatic heterocycles. The Morgan fingerprint density at radius 3 is 0.686 bits per heavy atom.